The first-order valence-electron chi connectivity index (χ1n) is 6.55. The highest BCUT2D eigenvalue weighted by atomic mass is 19.4. The fraction of sp³-hybridized carbons (Fsp3) is 0.133. The molecule has 0 saturated heterocycles. The molecule has 1 heterocycles. The molecular weight excluding hydrogens is 338 g/mol. The first-order chi connectivity index (χ1) is 11.1. The maximum absolute atomic E-state index is 13.0. The molecule has 9 heteroatoms. The van der Waals surface area contributed by atoms with Crippen molar-refractivity contribution in [1.29, 1.82) is 0 Å². The Labute approximate surface area is 130 Å². The Kier molecular flexibility index (Phi) is 3.66. The normalized spacial score (nSPS) is 12.6. The van der Waals surface area contributed by atoms with E-state index < -0.39 is 23.9 Å². The summed E-state index contributed by atoms with van der Waals surface area (Å²) in [5, 5.41) is 0. The molecule has 0 unspecified atom stereocenters. The number of fused-ring (bicyclic) bond motifs is 1. The van der Waals surface area contributed by atoms with Crippen molar-refractivity contribution in [2.75, 3.05) is 0 Å². The molecule has 0 aliphatic rings. The number of para-hydroxylation sites is 2. The number of halogens is 6. The molecule has 0 aliphatic carbocycles. The lowest BCUT2D eigenvalue weighted by atomic mass is 10.1. The van der Waals surface area contributed by atoms with E-state index in [4.69, 9.17) is 0 Å². The predicted molar refractivity (Wildman–Crippen MR) is 73.2 cm³/mol. The Morgan fingerprint density at radius 3 is 2.25 bits per heavy atom. The van der Waals surface area contributed by atoms with Crippen LogP contribution in [0.2, 0.25) is 0 Å². The Hall–Kier alpha value is -2.71. The fourth-order valence-electron chi connectivity index (χ4n) is 2.20. The van der Waals surface area contributed by atoms with Crippen LogP contribution in [0.1, 0.15) is 5.56 Å². The van der Waals surface area contributed by atoms with Crippen LogP contribution in [-0.4, -0.2) is 16.3 Å². The van der Waals surface area contributed by atoms with Crippen LogP contribution in [0.4, 0.5) is 26.3 Å². The number of aromatic amines is 1. The minimum Gasteiger partial charge on any atom is -0.405 e. The van der Waals surface area contributed by atoms with Gasteiger partial charge in [-0.05, 0) is 30.3 Å². The summed E-state index contributed by atoms with van der Waals surface area (Å²) in [6.07, 6.45) is -10.2. The molecule has 0 bridgehead atoms. The Bertz CT molecular complexity index is 849. The van der Waals surface area contributed by atoms with Crippen LogP contribution >= 0.6 is 0 Å². The second-order valence-corrected chi connectivity index (χ2v) is 4.86. The minimum atomic E-state index is -5.22. The molecule has 1 aromatic heterocycles. The topological polar surface area (TPSA) is 37.9 Å². The van der Waals surface area contributed by atoms with Crippen molar-refractivity contribution in [1.82, 2.24) is 9.97 Å². The Morgan fingerprint density at radius 2 is 1.62 bits per heavy atom. The zero-order valence-electron chi connectivity index (χ0n) is 11.7. The van der Waals surface area contributed by atoms with E-state index in [0.717, 1.165) is 6.07 Å². The number of alkyl halides is 6. The number of nitrogens with zero attached hydrogens (tertiary/aromatic N) is 1. The minimum absolute atomic E-state index is 0.00644. The summed E-state index contributed by atoms with van der Waals surface area (Å²) < 4.78 is 79.4. The van der Waals surface area contributed by atoms with E-state index in [9.17, 15) is 26.3 Å². The number of benzene rings is 2. The van der Waals surface area contributed by atoms with Gasteiger partial charge in [0.05, 0.1) is 16.6 Å². The number of H-pyrrole nitrogens is 1. The third kappa shape index (κ3) is 3.29. The van der Waals surface area contributed by atoms with Crippen molar-refractivity contribution < 1.29 is 31.1 Å². The van der Waals surface area contributed by atoms with Gasteiger partial charge in [0.15, 0.2) is 0 Å². The van der Waals surface area contributed by atoms with Gasteiger partial charge in [-0.25, -0.2) is 4.98 Å². The molecule has 2 aromatic carbocycles. The number of ether oxygens (including phenoxy) is 1. The third-order valence-corrected chi connectivity index (χ3v) is 3.17. The van der Waals surface area contributed by atoms with Gasteiger partial charge in [-0.2, -0.15) is 13.2 Å². The second-order valence-electron chi connectivity index (χ2n) is 4.86. The highest BCUT2D eigenvalue weighted by Gasteiger charge is 2.39. The van der Waals surface area contributed by atoms with Gasteiger partial charge in [0, 0.05) is 5.56 Å². The van der Waals surface area contributed by atoms with Crippen LogP contribution in [0.15, 0.2) is 42.5 Å². The second kappa shape index (κ2) is 5.43. The lowest BCUT2D eigenvalue weighted by molar-refractivity contribution is -0.276. The number of rotatable bonds is 2. The monoisotopic (exact) mass is 346 g/mol. The highest BCUT2D eigenvalue weighted by molar-refractivity contribution is 5.79. The number of hydrogen-bond acceptors (Lipinski definition) is 2. The molecule has 126 valence electrons. The highest BCUT2D eigenvalue weighted by Crippen LogP contribution is 2.40. The SMILES string of the molecule is FC(F)(F)Oc1ccc(-c2nc3ccccc3[nH]2)cc1C(F)(F)F. The summed E-state index contributed by atoms with van der Waals surface area (Å²) in [4.78, 5) is 6.94. The van der Waals surface area contributed by atoms with Crippen LogP contribution in [0, 0.1) is 0 Å². The van der Waals surface area contributed by atoms with Crippen LogP contribution in [0.3, 0.4) is 0 Å². The van der Waals surface area contributed by atoms with Crippen LogP contribution in [0.5, 0.6) is 5.75 Å². The van der Waals surface area contributed by atoms with Gasteiger partial charge in [0.2, 0.25) is 0 Å². The van der Waals surface area contributed by atoms with Crippen molar-refractivity contribution in [2.24, 2.45) is 0 Å². The first-order valence-corrected chi connectivity index (χ1v) is 6.55. The number of nitrogens with one attached hydrogen (secondary N) is 1. The molecule has 0 radical (unpaired) electrons. The van der Waals surface area contributed by atoms with Gasteiger partial charge in [0.25, 0.3) is 0 Å². The largest absolute Gasteiger partial charge is 0.573 e. The molecule has 0 spiro atoms. The van der Waals surface area contributed by atoms with Gasteiger partial charge in [-0.1, -0.05) is 12.1 Å². The standard InChI is InChI=1S/C15H8F6N2O/c16-14(17,18)9-7-8(5-6-12(9)24-15(19,20)21)13-22-10-3-1-2-4-11(10)23-13/h1-7H,(H,22,23). The van der Waals surface area contributed by atoms with Crippen LogP contribution in [0.25, 0.3) is 22.4 Å². The van der Waals surface area contributed by atoms with Crippen LogP contribution < -0.4 is 4.74 Å². The molecule has 1 N–H and O–H groups in total. The van der Waals surface area contributed by atoms with Gasteiger partial charge < -0.3 is 9.72 Å². The maximum atomic E-state index is 13.0. The van der Waals surface area contributed by atoms with Crippen molar-refractivity contribution in [3.63, 3.8) is 0 Å². The third-order valence-electron chi connectivity index (χ3n) is 3.17. The smallest absolute Gasteiger partial charge is 0.405 e. The molecule has 24 heavy (non-hydrogen) atoms. The maximum Gasteiger partial charge on any atom is 0.573 e. The van der Waals surface area contributed by atoms with Crippen molar-refractivity contribution in [3.8, 4) is 17.1 Å². The molecule has 0 atom stereocenters. The summed E-state index contributed by atoms with van der Waals surface area (Å²) in [6.45, 7) is 0. The average molecular weight is 346 g/mol. The van der Waals surface area contributed by atoms with Gasteiger partial charge >= 0.3 is 12.5 Å². The van der Waals surface area contributed by atoms with E-state index in [1.165, 1.54) is 0 Å². The van der Waals surface area contributed by atoms with E-state index in [1.54, 1.807) is 24.3 Å². The molecule has 3 rings (SSSR count). The van der Waals surface area contributed by atoms with E-state index in [-0.39, 0.29) is 11.4 Å². The van der Waals surface area contributed by atoms with Crippen molar-refractivity contribution >= 4 is 11.0 Å². The molecule has 0 aliphatic heterocycles. The fourth-order valence-corrected chi connectivity index (χ4v) is 2.20. The van der Waals surface area contributed by atoms with Crippen LogP contribution in [-0.2, 0) is 6.18 Å². The molecule has 0 amide bonds. The lowest BCUT2D eigenvalue weighted by Gasteiger charge is -2.16. The predicted octanol–water partition coefficient (Wildman–Crippen LogP) is 5.15. The molecule has 0 saturated carbocycles. The summed E-state index contributed by atoms with van der Waals surface area (Å²) >= 11 is 0. The molecule has 3 aromatic rings. The summed E-state index contributed by atoms with van der Waals surface area (Å²) in [6, 6.07) is 9.02. The number of aromatic nitrogens is 2. The summed E-state index contributed by atoms with van der Waals surface area (Å²) in [5.41, 5.74) is -0.417. The van der Waals surface area contributed by atoms with Gasteiger partial charge in [0.1, 0.15) is 11.6 Å². The van der Waals surface area contributed by atoms with Gasteiger partial charge in [-0.15, -0.1) is 13.2 Å². The summed E-state index contributed by atoms with van der Waals surface area (Å²) in [7, 11) is 0. The molecule has 0 fully saturated rings. The van der Waals surface area contributed by atoms with Crippen molar-refractivity contribution in [3.05, 3.63) is 48.0 Å². The number of imidazole rings is 1. The van der Waals surface area contributed by atoms with E-state index in [0.29, 0.717) is 23.2 Å². The zero-order chi connectivity index (χ0) is 17.5. The summed E-state index contributed by atoms with van der Waals surface area (Å²) in [5.74, 6) is -1.20. The first kappa shape index (κ1) is 16.2. The quantitative estimate of drug-likeness (QED) is 0.652. The zero-order valence-corrected chi connectivity index (χ0v) is 11.7. The van der Waals surface area contributed by atoms with E-state index in [2.05, 4.69) is 14.7 Å². The van der Waals surface area contributed by atoms with Crippen molar-refractivity contribution in [2.45, 2.75) is 12.5 Å². The lowest BCUT2D eigenvalue weighted by Crippen LogP contribution is -2.20. The Balaban J connectivity index is 2.09. The van der Waals surface area contributed by atoms with E-state index in [1.807, 2.05) is 0 Å². The average Bonchev–Trinajstić information content (AvgIpc) is 2.88. The van der Waals surface area contributed by atoms with Gasteiger partial charge in [-0.3, -0.25) is 0 Å². The Morgan fingerprint density at radius 1 is 0.917 bits per heavy atom. The van der Waals surface area contributed by atoms with E-state index >= 15 is 0 Å². The molecule has 3 nitrogen and oxygen atoms in total. The molecular formula is C15H8F6N2O. The number of hydrogen-bond donors (Lipinski definition) is 1.